The summed E-state index contributed by atoms with van der Waals surface area (Å²) in [4.78, 5) is 25.9. The van der Waals surface area contributed by atoms with Crippen LogP contribution in [0.2, 0.25) is 0 Å². The molecule has 1 aliphatic carbocycles. The van der Waals surface area contributed by atoms with Crippen LogP contribution in [0.15, 0.2) is 59.8 Å². The number of nitrogens with one attached hydrogen (secondary N) is 1. The average Bonchev–Trinajstić information content (AvgIpc) is 2.87. The predicted molar refractivity (Wildman–Crippen MR) is 130 cm³/mol. The fraction of sp³-hybridized carbons (Fsp3) is 0.407. The van der Waals surface area contributed by atoms with Gasteiger partial charge >= 0.3 is 11.9 Å². The van der Waals surface area contributed by atoms with E-state index in [0.29, 0.717) is 41.3 Å². The van der Waals surface area contributed by atoms with Gasteiger partial charge in [0.15, 0.2) is 11.5 Å². The van der Waals surface area contributed by atoms with Crippen molar-refractivity contribution in [3.05, 3.63) is 70.9 Å². The van der Waals surface area contributed by atoms with Gasteiger partial charge in [-0.25, -0.2) is 4.79 Å². The van der Waals surface area contributed by atoms with Gasteiger partial charge in [0.25, 0.3) is 0 Å². The van der Waals surface area contributed by atoms with Gasteiger partial charge in [-0.1, -0.05) is 36.4 Å². The molecule has 0 saturated heterocycles. The topological polar surface area (TPSA) is 103 Å². The Kier molecular flexibility index (Phi) is 8.40. The molecule has 2 aromatic rings. The molecule has 0 heterocycles. The van der Waals surface area contributed by atoms with E-state index < -0.39 is 29.4 Å². The van der Waals surface area contributed by atoms with Crippen molar-refractivity contribution in [2.75, 3.05) is 35.0 Å². The Morgan fingerprint density at radius 1 is 1.00 bits per heavy atom. The van der Waals surface area contributed by atoms with E-state index >= 15 is 0 Å². The maximum Gasteiger partial charge on any atom is 0.336 e. The lowest BCUT2D eigenvalue weighted by Crippen LogP contribution is -2.50. The van der Waals surface area contributed by atoms with E-state index in [9.17, 15) is 14.7 Å². The molecular formula is C27H33NO7. The number of methoxy groups -OCH3 is 4. The fourth-order valence-corrected chi connectivity index (χ4v) is 4.72. The third kappa shape index (κ3) is 5.59. The zero-order valence-corrected chi connectivity index (χ0v) is 20.8. The maximum absolute atomic E-state index is 13.0. The first-order valence-electron chi connectivity index (χ1n) is 11.4. The smallest absolute Gasteiger partial charge is 0.336 e. The Labute approximate surface area is 205 Å². The fourth-order valence-electron chi connectivity index (χ4n) is 4.72. The largest absolute Gasteiger partial charge is 0.493 e. The maximum atomic E-state index is 13.0. The molecule has 1 aliphatic rings. The highest BCUT2D eigenvalue weighted by molar-refractivity contribution is 5.93. The van der Waals surface area contributed by atoms with E-state index in [1.807, 2.05) is 48.5 Å². The summed E-state index contributed by atoms with van der Waals surface area (Å²) in [6.07, 6.45) is 0.684. The van der Waals surface area contributed by atoms with Gasteiger partial charge in [0.1, 0.15) is 0 Å². The van der Waals surface area contributed by atoms with Crippen LogP contribution in [0.5, 0.6) is 11.5 Å². The van der Waals surface area contributed by atoms with Crippen molar-refractivity contribution in [3.8, 4) is 11.5 Å². The number of ether oxygens (including phenoxy) is 4. The molecule has 2 N–H and O–H groups in total. The van der Waals surface area contributed by atoms with E-state index in [-0.39, 0.29) is 6.42 Å². The Morgan fingerprint density at radius 2 is 1.69 bits per heavy atom. The number of rotatable bonds is 9. The molecule has 0 radical (unpaired) electrons. The second kappa shape index (κ2) is 11.3. The molecule has 0 saturated carbocycles. The monoisotopic (exact) mass is 483 g/mol. The number of aliphatic hydroxyl groups is 1. The molecule has 0 aromatic heterocycles. The quantitative estimate of drug-likeness (QED) is 0.525. The summed E-state index contributed by atoms with van der Waals surface area (Å²) >= 11 is 0. The molecule has 0 fully saturated rings. The van der Waals surface area contributed by atoms with E-state index in [4.69, 9.17) is 18.9 Å². The number of hydrogen-bond donors (Lipinski definition) is 2. The summed E-state index contributed by atoms with van der Waals surface area (Å²) in [5.74, 6) is -1.61. The lowest BCUT2D eigenvalue weighted by atomic mass is 9.66. The second-order valence-corrected chi connectivity index (χ2v) is 8.67. The molecule has 2 aromatic carbocycles. The Hall–Kier alpha value is -3.52. The van der Waals surface area contributed by atoms with Crippen molar-refractivity contribution in [3.63, 3.8) is 0 Å². The lowest BCUT2D eigenvalue weighted by molar-refractivity contribution is -0.157. The summed E-state index contributed by atoms with van der Waals surface area (Å²) in [5.41, 5.74) is 1.10. The van der Waals surface area contributed by atoms with Gasteiger partial charge in [0.2, 0.25) is 0 Å². The van der Waals surface area contributed by atoms with Crippen LogP contribution >= 0.6 is 0 Å². The molecule has 0 bridgehead atoms. The zero-order valence-electron chi connectivity index (χ0n) is 20.8. The molecule has 3 atom stereocenters. The first-order valence-corrected chi connectivity index (χ1v) is 11.4. The number of esters is 2. The summed E-state index contributed by atoms with van der Waals surface area (Å²) < 4.78 is 20.8. The Bertz CT molecular complexity index is 1080. The van der Waals surface area contributed by atoms with Crippen LogP contribution in [0.4, 0.5) is 0 Å². The van der Waals surface area contributed by atoms with Gasteiger partial charge in [-0.3, -0.25) is 4.79 Å². The Balaban J connectivity index is 1.99. The summed E-state index contributed by atoms with van der Waals surface area (Å²) in [5, 5.41) is 14.7. The minimum atomic E-state index is -1.46. The Morgan fingerprint density at radius 3 is 2.29 bits per heavy atom. The molecule has 188 valence electrons. The highest BCUT2D eigenvalue weighted by atomic mass is 16.5. The van der Waals surface area contributed by atoms with Crippen LogP contribution in [0.3, 0.4) is 0 Å². The molecule has 3 rings (SSSR count). The normalized spacial score (nSPS) is 21.8. The number of carbonyl (C=O) groups excluding carboxylic acids is 2. The van der Waals surface area contributed by atoms with E-state index in [1.165, 1.54) is 14.2 Å². The molecule has 8 heteroatoms. The summed E-state index contributed by atoms with van der Waals surface area (Å²) in [6, 6.07) is 14.8. The molecule has 0 spiro atoms. The summed E-state index contributed by atoms with van der Waals surface area (Å²) in [6.45, 7) is 2.07. The average molecular weight is 484 g/mol. The van der Waals surface area contributed by atoms with Gasteiger partial charge in [-0.05, 0) is 36.6 Å². The molecule has 0 unspecified atom stereocenters. The zero-order chi connectivity index (χ0) is 25.6. The van der Waals surface area contributed by atoms with Crippen molar-refractivity contribution in [1.29, 1.82) is 0 Å². The molecular weight excluding hydrogens is 450 g/mol. The van der Waals surface area contributed by atoms with Crippen molar-refractivity contribution >= 4 is 11.9 Å². The lowest BCUT2D eigenvalue weighted by Gasteiger charge is -2.42. The molecule has 35 heavy (non-hydrogen) atoms. The van der Waals surface area contributed by atoms with Crippen molar-refractivity contribution in [2.45, 2.75) is 31.3 Å². The van der Waals surface area contributed by atoms with Crippen LogP contribution in [-0.2, 0) is 25.5 Å². The van der Waals surface area contributed by atoms with Crippen LogP contribution in [0.1, 0.15) is 30.4 Å². The SMILES string of the molecule is COC(=O)C1=C(NCCc2ccc(OC)c(OC)c2)C[C@](C)(O)[C@@H](C(=O)OC)[C@H]1c1ccccc1. The third-order valence-electron chi connectivity index (χ3n) is 6.39. The number of hydrogen-bond acceptors (Lipinski definition) is 8. The second-order valence-electron chi connectivity index (χ2n) is 8.67. The number of carbonyl (C=O) groups is 2. The van der Waals surface area contributed by atoms with Crippen molar-refractivity contribution < 1.29 is 33.6 Å². The van der Waals surface area contributed by atoms with Gasteiger partial charge in [-0.2, -0.15) is 0 Å². The van der Waals surface area contributed by atoms with Crippen LogP contribution in [-0.4, -0.2) is 57.6 Å². The molecule has 0 amide bonds. The highest BCUT2D eigenvalue weighted by Crippen LogP contribution is 2.47. The minimum absolute atomic E-state index is 0.0620. The predicted octanol–water partition coefficient (Wildman–Crippen LogP) is 2.99. The van der Waals surface area contributed by atoms with Gasteiger partial charge in [-0.15, -0.1) is 0 Å². The van der Waals surface area contributed by atoms with Gasteiger partial charge in [0, 0.05) is 24.6 Å². The van der Waals surface area contributed by atoms with E-state index in [2.05, 4.69) is 5.32 Å². The van der Waals surface area contributed by atoms with E-state index in [0.717, 1.165) is 5.56 Å². The number of benzene rings is 2. The van der Waals surface area contributed by atoms with Gasteiger partial charge in [0.05, 0.1) is 45.5 Å². The molecule has 8 nitrogen and oxygen atoms in total. The highest BCUT2D eigenvalue weighted by Gasteiger charge is 2.52. The molecule has 0 aliphatic heterocycles. The summed E-state index contributed by atoms with van der Waals surface area (Å²) in [7, 11) is 5.75. The van der Waals surface area contributed by atoms with Crippen LogP contribution < -0.4 is 14.8 Å². The third-order valence-corrected chi connectivity index (χ3v) is 6.39. The van der Waals surface area contributed by atoms with Crippen molar-refractivity contribution in [1.82, 2.24) is 5.32 Å². The first kappa shape index (κ1) is 26.1. The van der Waals surface area contributed by atoms with Crippen LogP contribution in [0, 0.1) is 5.92 Å². The van der Waals surface area contributed by atoms with Crippen molar-refractivity contribution in [2.24, 2.45) is 5.92 Å². The standard InChI is InChI=1S/C27H33NO7/c1-27(31)16-19(28-14-13-17-11-12-20(32-2)21(15-17)33-3)23(25(29)34-4)22(24(27)26(30)35-5)18-9-7-6-8-10-18/h6-12,15,22,24,28,31H,13-14,16H2,1-5H3/t22-,24+,27-/m0/s1. The minimum Gasteiger partial charge on any atom is -0.493 e. The van der Waals surface area contributed by atoms with Crippen LogP contribution in [0.25, 0.3) is 0 Å². The van der Waals surface area contributed by atoms with Gasteiger partial charge < -0.3 is 29.4 Å². The first-order chi connectivity index (χ1) is 16.8. The van der Waals surface area contributed by atoms with E-state index in [1.54, 1.807) is 21.1 Å².